The van der Waals surface area contributed by atoms with E-state index in [1.807, 2.05) is 6.08 Å². The molecule has 0 spiro atoms. The van der Waals surface area contributed by atoms with Crippen molar-refractivity contribution in [1.82, 2.24) is 0 Å². The summed E-state index contributed by atoms with van der Waals surface area (Å²) in [6, 6.07) is 0. The van der Waals surface area contributed by atoms with Crippen molar-refractivity contribution in [2.45, 2.75) is 12.8 Å². The Morgan fingerprint density at radius 3 is 2.75 bits per heavy atom. The second-order valence-corrected chi connectivity index (χ2v) is 1.98. The highest BCUT2D eigenvalue weighted by atomic mass is 32.1. The van der Waals surface area contributed by atoms with Gasteiger partial charge in [0, 0.05) is 0 Å². The minimum atomic E-state index is 0.974. The van der Waals surface area contributed by atoms with Gasteiger partial charge in [-0.25, -0.2) is 0 Å². The second-order valence-electron chi connectivity index (χ2n) is 1.53. The van der Waals surface area contributed by atoms with Gasteiger partial charge in [-0.3, -0.25) is 0 Å². The van der Waals surface area contributed by atoms with Gasteiger partial charge in [0.2, 0.25) is 0 Å². The summed E-state index contributed by atoms with van der Waals surface area (Å²) in [6.07, 6.45) is 8.13. The van der Waals surface area contributed by atoms with Gasteiger partial charge in [0.1, 0.15) is 0 Å². The highest BCUT2D eigenvalue weighted by molar-refractivity contribution is 7.80. The first kappa shape index (κ1) is 7.83. The van der Waals surface area contributed by atoms with E-state index < -0.39 is 0 Å². The molecular weight excluding hydrogens is 116 g/mol. The molecule has 0 saturated carbocycles. The molecule has 0 bridgehead atoms. The summed E-state index contributed by atoms with van der Waals surface area (Å²) in [5, 5.41) is 0. The molecule has 0 nitrogen and oxygen atoms in total. The summed E-state index contributed by atoms with van der Waals surface area (Å²) in [5.41, 5.74) is 0. The van der Waals surface area contributed by atoms with Crippen LogP contribution in [0.1, 0.15) is 12.8 Å². The topological polar surface area (TPSA) is 0 Å². The van der Waals surface area contributed by atoms with Gasteiger partial charge in [-0.2, -0.15) is 12.6 Å². The maximum Gasteiger partial charge on any atom is -0.00950 e. The van der Waals surface area contributed by atoms with Crippen LogP contribution in [0.2, 0.25) is 0 Å². The first-order valence-corrected chi connectivity index (χ1v) is 3.43. The number of rotatable bonds is 4. The zero-order chi connectivity index (χ0) is 6.24. The van der Waals surface area contributed by atoms with E-state index >= 15 is 0 Å². The SMILES string of the molecule is C=CC=CCCCS. The average Bonchev–Trinajstić information content (AvgIpc) is 1.81. The van der Waals surface area contributed by atoms with Crippen LogP contribution < -0.4 is 0 Å². The Morgan fingerprint density at radius 2 is 2.25 bits per heavy atom. The molecule has 0 amide bonds. The third kappa shape index (κ3) is 5.83. The molecule has 8 heavy (non-hydrogen) atoms. The highest BCUT2D eigenvalue weighted by Gasteiger charge is 1.74. The van der Waals surface area contributed by atoms with Crippen LogP contribution in [0.5, 0.6) is 0 Å². The predicted molar refractivity (Wildman–Crippen MR) is 42.4 cm³/mol. The Kier molecular flexibility index (Phi) is 6.68. The third-order valence-electron chi connectivity index (χ3n) is 0.801. The molecular formula is C7H12S. The van der Waals surface area contributed by atoms with E-state index in [1.54, 1.807) is 6.08 Å². The molecule has 46 valence electrons. The second kappa shape index (κ2) is 6.83. The standard InChI is InChI=1S/C7H12S/c1-2-3-4-5-6-7-8/h2-4,8H,1,5-7H2. The summed E-state index contributed by atoms with van der Waals surface area (Å²) in [4.78, 5) is 0. The minimum Gasteiger partial charge on any atom is -0.179 e. The van der Waals surface area contributed by atoms with E-state index in [0.717, 1.165) is 18.6 Å². The van der Waals surface area contributed by atoms with Crippen molar-refractivity contribution in [3.8, 4) is 0 Å². The van der Waals surface area contributed by atoms with Gasteiger partial charge in [-0.1, -0.05) is 24.8 Å². The Bertz CT molecular complexity index is 74.5. The van der Waals surface area contributed by atoms with Crippen LogP contribution in [-0.4, -0.2) is 5.75 Å². The molecule has 0 atom stereocenters. The van der Waals surface area contributed by atoms with Crippen molar-refractivity contribution in [1.29, 1.82) is 0 Å². The average molecular weight is 128 g/mol. The molecule has 0 saturated heterocycles. The van der Waals surface area contributed by atoms with Crippen molar-refractivity contribution >= 4 is 12.6 Å². The van der Waals surface area contributed by atoms with Crippen LogP contribution in [0.15, 0.2) is 24.8 Å². The fourth-order valence-corrected chi connectivity index (χ4v) is 0.584. The summed E-state index contributed by atoms with van der Waals surface area (Å²) in [5.74, 6) is 0.974. The number of thiol groups is 1. The molecule has 1 heteroatoms. The van der Waals surface area contributed by atoms with Gasteiger partial charge in [0.25, 0.3) is 0 Å². The first-order chi connectivity index (χ1) is 3.91. The van der Waals surface area contributed by atoms with Gasteiger partial charge in [-0.15, -0.1) is 0 Å². The summed E-state index contributed by atoms with van der Waals surface area (Å²) < 4.78 is 0. The number of hydrogen-bond donors (Lipinski definition) is 1. The molecule has 0 rings (SSSR count). The normalized spacial score (nSPS) is 10.1. The molecule has 0 aromatic rings. The van der Waals surface area contributed by atoms with Crippen molar-refractivity contribution in [2.24, 2.45) is 0 Å². The van der Waals surface area contributed by atoms with Gasteiger partial charge < -0.3 is 0 Å². The van der Waals surface area contributed by atoms with E-state index in [-0.39, 0.29) is 0 Å². The van der Waals surface area contributed by atoms with Crippen molar-refractivity contribution in [3.63, 3.8) is 0 Å². The zero-order valence-electron chi connectivity index (χ0n) is 5.01. The maximum absolute atomic E-state index is 4.06. The summed E-state index contributed by atoms with van der Waals surface area (Å²) in [7, 11) is 0. The highest BCUT2D eigenvalue weighted by Crippen LogP contribution is 1.91. The van der Waals surface area contributed by atoms with Crippen molar-refractivity contribution < 1.29 is 0 Å². The fraction of sp³-hybridized carbons (Fsp3) is 0.429. The quantitative estimate of drug-likeness (QED) is 0.335. The summed E-state index contributed by atoms with van der Waals surface area (Å²) in [6.45, 7) is 3.55. The smallest absolute Gasteiger partial charge is 0.00950 e. The molecule has 0 heterocycles. The van der Waals surface area contributed by atoms with E-state index in [9.17, 15) is 0 Å². The number of unbranched alkanes of at least 4 members (excludes halogenated alkanes) is 1. The van der Waals surface area contributed by atoms with Crippen LogP contribution in [0.3, 0.4) is 0 Å². The van der Waals surface area contributed by atoms with Crippen LogP contribution in [-0.2, 0) is 0 Å². The molecule has 0 aromatic heterocycles. The molecule has 0 N–H and O–H groups in total. The Morgan fingerprint density at radius 1 is 1.50 bits per heavy atom. The van der Waals surface area contributed by atoms with Crippen LogP contribution >= 0.6 is 12.6 Å². The maximum atomic E-state index is 4.06. The lowest BCUT2D eigenvalue weighted by molar-refractivity contribution is 0.975. The van der Waals surface area contributed by atoms with Gasteiger partial charge in [-0.05, 0) is 18.6 Å². The Labute approximate surface area is 56.7 Å². The lowest BCUT2D eigenvalue weighted by atomic mass is 10.3. The molecule has 0 aliphatic carbocycles. The van der Waals surface area contributed by atoms with E-state index in [2.05, 4.69) is 25.3 Å². The van der Waals surface area contributed by atoms with Gasteiger partial charge >= 0.3 is 0 Å². The van der Waals surface area contributed by atoms with E-state index in [1.165, 1.54) is 0 Å². The summed E-state index contributed by atoms with van der Waals surface area (Å²) >= 11 is 4.06. The predicted octanol–water partition coefficient (Wildman–Crippen LogP) is 2.44. The monoisotopic (exact) mass is 128 g/mol. The lowest BCUT2D eigenvalue weighted by Gasteiger charge is -1.83. The molecule has 0 aliphatic heterocycles. The molecule has 0 fully saturated rings. The molecule has 0 unspecified atom stereocenters. The zero-order valence-corrected chi connectivity index (χ0v) is 5.90. The molecule has 0 radical (unpaired) electrons. The molecule has 0 aromatic carbocycles. The Balaban J connectivity index is 2.91. The van der Waals surface area contributed by atoms with Gasteiger partial charge in [0.15, 0.2) is 0 Å². The Hall–Kier alpha value is -0.170. The third-order valence-corrected chi connectivity index (χ3v) is 1.12. The first-order valence-electron chi connectivity index (χ1n) is 2.80. The fourth-order valence-electron chi connectivity index (χ4n) is 0.402. The number of allylic oxidation sites excluding steroid dienone is 3. The van der Waals surface area contributed by atoms with E-state index in [4.69, 9.17) is 0 Å². The lowest BCUT2D eigenvalue weighted by Crippen LogP contribution is -1.69. The number of hydrogen-bond acceptors (Lipinski definition) is 1. The molecule has 0 aliphatic rings. The minimum absolute atomic E-state index is 0.974. The largest absolute Gasteiger partial charge is 0.179 e. The van der Waals surface area contributed by atoms with Crippen LogP contribution in [0.25, 0.3) is 0 Å². The van der Waals surface area contributed by atoms with E-state index in [0.29, 0.717) is 0 Å². The van der Waals surface area contributed by atoms with Crippen molar-refractivity contribution in [3.05, 3.63) is 24.8 Å². The van der Waals surface area contributed by atoms with Crippen molar-refractivity contribution in [2.75, 3.05) is 5.75 Å². The van der Waals surface area contributed by atoms with Crippen LogP contribution in [0, 0.1) is 0 Å². The van der Waals surface area contributed by atoms with Crippen LogP contribution in [0.4, 0.5) is 0 Å². The van der Waals surface area contributed by atoms with Gasteiger partial charge in [0.05, 0.1) is 0 Å².